The Labute approximate surface area is 91.1 Å². The molecule has 0 bridgehead atoms. The number of terminal acetylenes is 1. The first kappa shape index (κ1) is 11.1. The van der Waals surface area contributed by atoms with Crippen LogP contribution in [-0.2, 0) is 0 Å². The van der Waals surface area contributed by atoms with Crippen LogP contribution in [0.1, 0.15) is 12.8 Å². The average molecular weight is 198 g/mol. The largest absolute Gasteiger partial charge is 0.370 e. The highest BCUT2D eigenvalue weighted by atomic mass is 15.1. The highest BCUT2D eigenvalue weighted by Gasteiger charge is 2.03. The van der Waals surface area contributed by atoms with Crippen LogP contribution in [-0.4, -0.2) is 13.1 Å². The molecule has 1 aromatic rings. The van der Waals surface area contributed by atoms with Gasteiger partial charge in [0.15, 0.2) is 0 Å². The van der Waals surface area contributed by atoms with Crippen molar-refractivity contribution in [3.63, 3.8) is 0 Å². The molecule has 2 heteroatoms. The number of benzene rings is 1. The van der Waals surface area contributed by atoms with Crippen molar-refractivity contribution in [3.05, 3.63) is 30.3 Å². The number of nitriles is 1. The molecule has 0 radical (unpaired) electrons. The number of para-hydroxylation sites is 1. The fourth-order valence-electron chi connectivity index (χ4n) is 1.39. The summed E-state index contributed by atoms with van der Waals surface area (Å²) in [6.45, 7) is 1.55. The molecule has 0 aliphatic carbocycles. The maximum atomic E-state index is 8.57. The van der Waals surface area contributed by atoms with E-state index in [1.807, 2.05) is 30.3 Å². The van der Waals surface area contributed by atoms with E-state index in [9.17, 15) is 0 Å². The molecular weight excluding hydrogens is 184 g/mol. The Morgan fingerprint density at radius 3 is 2.40 bits per heavy atom. The molecule has 76 valence electrons. The van der Waals surface area contributed by atoms with Crippen LogP contribution in [0.25, 0.3) is 0 Å². The van der Waals surface area contributed by atoms with Crippen molar-refractivity contribution in [1.29, 1.82) is 5.26 Å². The van der Waals surface area contributed by atoms with E-state index < -0.39 is 0 Å². The van der Waals surface area contributed by atoms with Crippen molar-refractivity contribution in [3.8, 4) is 18.4 Å². The van der Waals surface area contributed by atoms with E-state index in [1.165, 1.54) is 0 Å². The van der Waals surface area contributed by atoms with E-state index in [4.69, 9.17) is 11.7 Å². The Bertz CT molecular complexity index is 338. The summed E-state index contributed by atoms with van der Waals surface area (Å²) in [4.78, 5) is 2.14. The first-order valence-electron chi connectivity index (χ1n) is 4.99. The van der Waals surface area contributed by atoms with Crippen LogP contribution in [0.2, 0.25) is 0 Å². The lowest BCUT2D eigenvalue weighted by Crippen LogP contribution is -2.25. The minimum absolute atomic E-state index is 0.527. The highest BCUT2D eigenvalue weighted by Crippen LogP contribution is 2.13. The van der Waals surface area contributed by atoms with Crippen molar-refractivity contribution >= 4 is 5.69 Å². The van der Waals surface area contributed by atoms with Gasteiger partial charge in [0.05, 0.1) is 12.5 Å². The summed E-state index contributed by atoms with van der Waals surface area (Å²) in [5.74, 6) is 2.62. The van der Waals surface area contributed by atoms with Crippen LogP contribution in [0, 0.1) is 23.7 Å². The lowest BCUT2D eigenvalue weighted by Gasteiger charge is -2.22. The Kier molecular flexibility index (Phi) is 4.84. The summed E-state index contributed by atoms with van der Waals surface area (Å²) in [5, 5.41) is 8.57. The summed E-state index contributed by atoms with van der Waals surface area (Å²) in [6, 6.07) is 12.2. The van der Waals surface area contributed by atoms with Crippen molar-refractivity contribution in [2.75, 3.05) is 18.0 Å². The summed E-state index contributed by atoms with van der Waals surface area (Å²) < 4.78 is 0. The second kappa shape index (κ2) is 6.51. The molecule has 2 nitrogen and oxygen atoms in total. The zero-order valence-corrected chi connectivity index (χ0v) is 8.69. The maximum absolute atomic E-state index is 8.57. The molecule has 0 spiro atoms. The third-order valence-corrected chi connectivity index (χ3v) is 2.14. The minimum atomic E-state index is 0.527. The van der Waals surface area contributed by atoms with Crippen molar-refractivity contribution < 1.29 is 0 Å². The first-order chi connectivity index (χ1) is 7.38. The molecule has 1 aromatic carbocycles. The van der Waals surface area contributed by atoms with Crippen LogP contribution in [0.15, 0.2) is 30.3 Å². The summed E-state index contributed by atoms with van der Waals surface area (Å²) in [5.41, 5.74) is 1.13. The van der Waals surface area contributed by atoms with Crippen LogP contribution < -0.4 is 4.90 Å². The number of rotatable bonds is 5. The van der Waals surface area contributed by atoms with Crippen LogP contribution in [0.4, 0.5) is 5.69 Å². The highest BCUT2D eigenvalue weighted by molar-refractivity contribution is 5.46. The summed E-state index contributed by atoms with van der Waals surface area (Å²) in [6.07, 6.45) is 6.48. The number of anilines is 1. The monoisotopic (exact) mass is 198 g/mol. The van der Waals surface area contributed by atoms with Gasteiger partial charge in [0.1, 0.15) is 0 Å². The minimum Gasteiger partial charge on any atom is -0.370 e. The van der Waals surface area contributed by atoms with E-state index >= 15 is 0 Å². The van der Waals surface area contributed by atoms with Gasteiger partial charge in [-0.3, -0.25) is 0 Å². The Balaban J connectivity index is 2.64. The molecule has 0 saturated carbocycles. The first-order valence-corrected chi connectivity index (χ1v) is 4.99. The molecule has 15 heavy (non-hydrogen) atoms. The van der Waals surface area contributed by atoms with Gasteiger partial charge in [-0.15, -0.1) is 12.3 Å². The van der Waals surface area contributed by atoms with E-state index in [0.29, 0.717) is 12.8 Å². The lowest BCUT2D eigenvalue weighted by atomic mass is 10.2. The zero-order valence-electron chi connectivity index (χ0n) is 8.69. The number of hydrogen-bond donors (Lipinski definition) is 0. The molecule has 0 atom stereocenters. The Hall–Kier alpha value is -1.93. The lowest BCUT2D eigenvalue weighted by molar-refractivity contribution is 0.800. The fourth-order valence-corrected chi connectivity index (χ4v) is 1.39. The predicted molar refractivity (Wildman–Crippen MR) is 62.3 cm³/mol. The normalized spacial score (nSPS) is 8.93. The maximum Gasteiger partial charge on any atom is 0.0640 e. The predicted octanol–water partition coefficient (Wildman–Crippen LogP) is 2.43. The molecule has 0 aliphatic rings. The molecule has 0 N–H and O–H groups in total. The van der Waals surface area contributed by atoms with Gasteiger partial charge >= 0.3 is 0 Å². The Morgan fingerprint density at radius 2 is 1.80 bits per heavy atom. The average Bonchev–Trinajstić information content (AvgIpc) is 2.30. The van der Waals surface area contributed by atoms with E-state index in [2.05, 4.69) is 16.9 Å². The van der Waals surface area contributed by atoms with Gasteiger partial charge < -0.3 is 4.90 Å². The standard InChI is InChI=1S/C13H14N2/c1-2-3-11-15(12-7-10-14)13-8-5-4-6-9-13/h1,4-6,8-9H,3,7,11-12H2. The van der Waals surface area contributed by atoms with E-state index in [1.54, 1.807) is 0 Å². The van der Waals surface area contributed by atoms with Gasteiger partial charge in [-0.25, -0.2) is 0 Å². The van der Waals surface area contributed by atoms with Gasteiger partial charge in [-0.05, 0) is 12.1 Å². The topological polar surface area (TPSA) is 27.0 Å². The third-order valence-electron chi connectivity index (χ3n) is 2.14. The van der Waals surface area contributed by atoms with Gasteiger partial charge in [-0.2, -0.15) is 5.26 Å². The Morgan fingerprint density at radius 1 is 1.13 bits per heavy atom. The second-order valence-corrected chi connectivity index (χ2v) is 3.18. The third kappa shape index (κ3) is 3.75. The smallest absolute Gasteiger partial charge is 0.0640 e. The van der Waals surface area contributed by atoms with Gasteiger partial charge in [0.25, 0.3) is 0 Å². The van der Waals surface area contributed by atoms with Crippen molar-refractivity contribution in [2.24, 2.45) is 0 Å². The molecule has 0 aromatic heterocycles. The van der Waals surface area contributed by atoms with Crippen LogP contribution in [0.5, 0.6) is 0 Å². The van der Waals surface area contributed by atoms with Gasteiger partial charge in [0.2, 0.25) is 0 Å². The molecule has 0 heterocycles. The molecular formula is C13H14N2. The number of nitrogens with zero attached hydrogens (tertiary/aromatic N) is 2. The SMILES string of the molecule is C#CCCN(CCC#N)c1ccccc1. The summed E-state index contributed by atoms with van der Waals surface area (Å²) >= 11 is 0. The number of hydrogen-bond acceptors (Lipinski definition) is 2. The van der Waals surface area contributed by atoms with Gasteiger partial charge in [-0.1, -0.05) is 18.2 Å². The summed E-state index contributed by atoms with van der Waals surface area (Å²) in [7, 11) is 0. The molecule has 0 aliphatic heterocycles. The quantitative estimate of drug-likeness (QED) is 0.679. The molecule has 0 saturated heterocycles. The van der Waals surface area contributed by atoms with Crippen molar-refractivity contribution in [1.82, 2.24) is 0 Å². The second-order valence-electron chi connectivity index (χ2n) is 3.18. The molecule has 0 fully saturated rings. The fraction of sp³-hybridized carbons (Fsp3) is 0.308. The zero-order chi connectivity index (χ0) is 10.9. The van der Waals surface area contributed by atoms with E-state index in [0.717, 1.165) is 18.8 Å². The van der Waals surface area contributed by atoms with Crippen molar-refractivity contribution in [2.45, 2.75) is 12.8 Å². The molecule has 0 unspecified atom stereocenters. The van der Waals surface area contributed by atoms with Crippen LogP contribution >= 0.6 is 0 Å². The van der Waals surface area contributed by atoms with E-state index in [-0.39, 0.29) is 0 Å². The molecule has 0 amide bonds. The van der Waals surface area contributed by atoms with Crippen LogP contribution in [0.3, 0.4) is 0 Å². The molecule has 1 rings (SSSR count). The van der Waals surface area contributed by atoms with Gasteiger partial charge in [0, 0.05) is 25.2 Å².